The van der Waals surface area contributed by atoms with Gasteiger partial charge in [-0.25, -0.2) is 0 Å². The minimum absolute atomic E-state index is 0.485. The van der Waals surface area contributed by atoms with Gasteiger partial charge in [-0.3, -0.25) is 10.1 Å². The zero-order valence-corrected chi connectivity index (χ0v) is 10.3. The Morgan fingerprint density at radius 1 is 1.28 bits per heavy atom. The Hall–Kier alpha value is -2.14. The molecule has 0 N–H and O–H groups in total. The Balaban J connectivity index is 1.93. The van der Waals surface area contributed by atoms with Crippen molar-refractivity contribution < 1.29 is 9.66 Å². The van der Waals surface area contributed by atoms with E-state index in [0.717, 1.165) is 23.1 Å². The maximum Gasteiger partial charge on any atom is 0.235 e. The van der Waals surface area contributed by atoms with Gasteiger partial charge in [0.2, 0.25) is 6.20 Å². The molecule has 0 spiro atoms. The van der Waals surface area contributed by atoms with Gasteiger partial charge in [0.1, 0.15) is 12.4 Å². The summed E-state index contributed by atoms with van der Waals surface area (Å²) in [5.74, 6) is 0.749. The molecule has 0 saturated heterocycles. The van der Waals surface area contributed by atoms with E-state index in [1.807, 2.05) is 16.8 Å². The Morgan fingerprint density at radius 2 is 2.06 bits per heavy atom. The average Bonchev–Trinajstić information content (AvgIpc) is 2.88. The van der Waals surface area contributed by atoms with Crippen LogP contribution in [0.2, 0.25) is 0 Å². The third kappa shape index (κ3) is 3.71. The third-order valence-electron chi connectivity index (χ3n) is 2.25. The molecule has 0 amide bonds. The van der Waals surface area contributed by atoms with E-state index in [4.69, 9.17) is 4.74 Å². The van der Waals surface area contributed by atoms with Crippen molar-refractivity contribution in [2.24, 2.45) is 0 Å². The van der Waals surface area contributed by atoms with Crippen molar-refractivity contribution in [2.45, 2.75) is 6.61 Å². The lowest BCUT2D eigenvalue weighted by Crippen LogP contribution is -1.93. The largest absolute Gasteiger partial charge is 0.489 e. The van der Waals surface area contributed by atoms with Gasteiger partial charge < -0.3 is 4.74 Å². The predicted octanol–water partition coefficient (Wildman–Crippen LogP) is 3.57. The summed E-state index contributed by atoms with van der Waals surface area (Å²) in [7, 11) is 0. The molecule has 0 aliphatic rings. The van der Waals surface area contributed by atoms with Crippen LogP contribution in [0.25, 0.3) is 6.08 Å². The van der Waals surface area contributed by atoms with Gasteiger partial charge in [0.05, 0.1) is 4.92 Å². The quantitative estimate of drug-likeness (QED) is 0.610. The molecule has 0 aliphatic heterocycles. The normalized spacial score (nSPS) is 10.7. The summed E-state index contributed by atoms with van der Waals surface area (Å²) < 4.78 is 5.58. The second kappa shape index (κ2) is 5.97. The molecular formula is C13H11NO3S. The molecule has 4 nitrogen and oxygen atoms in total. The number of hydrogen-bond acceptors (Lipinski definition) is 4. The van der Waals surface area contributed by atoms with Crippen molar-refractivity contribution in [3.05, 3.63) is 68.5 Å². The van der Waals surface area contributed by atoms with E-state index in [-0.39, 0.29) is 0 Å². The van der Waals surface area contributed by atoms with Crippen LogP contribution in [0.1, 0.15) is 11.1 Å². The summed E-state index contributed by atoms with van der Waals surface area (Å²) in [5.41, 5.74) is 1.91. The fourth-order valence-electron chi connectivity index (χ4n) is 1.36. The topological polar surface area (TPSA) is 52.4 Å². The zero-order chi connectivity index (χ0) is 12.8. The molecule has 1 aromatic carbocycles. The number of nitrogens with zero attached hydrogens (tertiary/aromatic N) is 1. The number of hydrogen-bond donors (Lipinski definition) is 0. The molecule has 1 heterocycles. The van der Waals surface area contributed by atoms with E-state index in [9.17, 15) is 10.1 Å². The lowest BCUT2D eigenvalue weighted by molar-refractivity contribution is -0.400. The molecule has 0 fully saturated rings. The van der Waals surface area contributed by atoms with Crippen LogP contribution in [0.15, 0.2) is 47.3 Å². The fraction of sp³-hybridized carbons (Fsp3) is 0.0769. The van der Waals surface area contributed by atoms with Crippen molar-refractivity contribution in [1.29, 1.82) is 0 Å². The van der Waals surface area contributed by atoms with Gasteiger partial charge >= 0.3 is 0 Å². The smallest absolute Gasteiger partial charge is 0.235 e. The predicted molar refractivity (Wildman–Crippen MR) is 71.1 cm³/mol. The highest BCUT2D eigenvalue weighted by Crippen LogP contribution is 2.16. The highest BCUT2D eigenvalue weighted by atomic mass is 32.1. The Bertz CT molecular complexity index is 532. The van der Waals surface area contributed by atoms with Crippen molar-refractivity contribution in [3.63, 3.8) is 0 Å². The molecule has 1 aromatic heterocycles. The first-order valence-corrected chi connectivity index (χ1v) is 6.24. The van der Waals surface area contributed by atoms with Gasteiger partial charge in [-0.2, -0.15) is 11.3 Å². The maximum atomic E-state index is 10.2. The van der Waals surface area contributed by atoms with Crippen LogP contribution in [0.3, 0.4) is 0 Å². The van der Waals surface area contributed by atoms with Crippen LogP contribution < -0.4 is 4.74 Å². The molecule has 5 heteroatoms. The van der Waals surface area contributed by atoms with Crippen molar-refractivity contribution in [2.75, 3.05) is 0 Å². The highest BCUT2D eigenvalue weighted by molar-refractivity contribution is 7.07. The van der Waals surface area contributed by atoms with Crippen LogP contribution in [0.4, 0.5) is 0 Å². The van der Waals surface area contributed by atoms with Crippen LogP contribution in [-0.4, -0.2) is 4.92 Å². The molecular weight excluding hydrogens is 250 g/mol. The molecule has 92 valence electrons. The van der Waals surface area contributed by atoms with Crippen LogP contribution in [0, 0.1) is 10.1 Å². The minimum atomic E-state index is -0.485. The van der Waals surface area contributed by atoms with E-state index < -0.39 is 4.92 Å². The second-order valence-electron chi connectivity index (χ2n) is 3.59. The molecule has 2 aromatic rings. The standard InChI is InChI=1S/C13H11NO3S/c15-14(16)7-5-11-1-3-13(4-2-11)17-9-12-6-8-18-10-12/h1-8,10H,9H2/b7-5+. The zero-order valence-electron chi connectivity index (χ0n) is 9.48. The first-order chi connectivity index (χ1) is 8.74. The lowest BCUT2D eigenvalue weighted by Gasteiger charge is -2.04. The van der Waals surface area contributed by atoms with Crippen molar-refractivity contribution in [3.8, 4) is 5.75 Å². The summed E-state index contributed by atoms with van der Waals surface area (Å²) in [6.07, 6.45) is 2.36. The molecule has 0 saturated carbocycles. The maximum absolute atomic E-state index is 10.2. The van der Waals surface area contributed by atoms with Crippen LogP contribution in [0.5, 0.6) is 5.75 Å². The number of thiophene rings is 1. The molecule has 0 unspecified atom stereocenters. The van der Waals surface area contributed by atoms with Gasteiger partial charge in [-0.05, 0) is 40.1 Å². The summed E-state index contributed by atoms with van der Waals surface area (Å²) in [6, 6.07) is 9.17. The number of benzene rings is 1. The molecule has 0 atom stereocenters. The van der Waals surface area contributed by atoms with Crippen LogP contribution in [-0.2, 0) is 6.61 Å². The molecule has 0 aliphatic carbocycles. The molecule has 2 rings (SSSR count). The van der Waals surface area contributed by atoms with E-state index in [1.165, 1.54) is 6.08 Å². The Labute approximate surface area is 108 Å². The minimum Gasteiger partial charge on any atom is -0.489 e. The summed E-state index contributed by atoms with van der Waals surface area (Å²) >= 11 is 1.63. The molecule has 18 heavy (non-hydrogen) atoms. The average molecular weight is 261 g/mol. The van der Waals surface area contributed by atoms with Gasteiger partial charge in [0.25, 0.3) is 0 Å². The summed E-state index contributed by atoms with van der Waals surface area (Å²) in [5, 5.41) is 14.2. The third-order valence-corrected chi connectivity index (χ3v) is 2.99. The number of ether oxygens (including phenoxy) is 1. The first-order valence-electron chi connectivity index (χ1n) is 5.30. The first kappa shape index (κ1) is 12.3. The van der Waals surface area contributed by atoms with Gasteiger partial charge in [-0.1, -0.05) is 12.1 Å². The van der Waals surface area contributed by atoms with E-state index in [1.54, 1.807) is 35.6 Å². The van der Waals surface area contributed by atoms with Crippen LogP contribution >= 0.6 is 11.3 Å². The van der Waals surface area contributed by atoms with Crippen molar-refractivity contribution in [1.82, 2.24) is 0 Å². The Kier molecular flexibility index (Phi) is 4.09. The lowest BCUT2D eigenvalue weighted by atomic mass is 10.2. The van der Waals surface area contributed by atoms with E-state index >= 15 is 0 Å². The number of nitro groups is 1. The molecule has 0 radical (unpaired) electrons. The Morgan fingerprint density at radius 3 is 2.67 bits per heavy atom. The number of rotatable bonds is 5. The monoisotopic (exact) mass is 261 g/mol. The second-order valence-corrected chi connectivity index (χ2v) is 4.37. The SMILES string of the molecule is O=[N+]([O-])/C=C/c1ccc(OCc2ccsc2)cc1. The van der Waals surface area contributed by atoms with E-state index in [2.05, 4.69) is 0 Å². The van der Waals surface area contributed by atoms with Gasteiger partial charge in [-0.15, -0.1) is 0 Å². The van der Waals surface area contributed by atoms with Crippen molar-refractivity contribution >= 4 is 17.4 Å². The molecule has 0 bridgehead atoms. The van der Waals surface area contributed by atoms with Gasteiger partial charge in [0, 0.05) is 6.08 Å². The fourth-order valence-corrected chi connectivity index (χ4v) is 2.02. The van der Waals surface area contributed by atoms with Gasteiger partial charge in [0.15, 0.2) is 0 Å². The summed E-state index contributed by atoms with van der Waals surface area (Å²) in [6.45, 7) is 0.535. The van der Waals surface area contributed by atoms with E-state index in [0.29, 0.717) is 6.61 Å². The summed E-state index contributed by atoms with van der Waals surface area (Å²) in [4.78, 5) is 9.68. The highest BCUT2D eigenvalue weighted by Gasteiger charge is 1.97.